The summed E-state index contributed by atoms with van der Waals surface area (Å²) < 4.78 is 20.1. The number of hydrogen-bond acceptors (Lipinski definition) is 3. The van der Waals surface area contributed by atoms with Crippen molar-refractivity contribution in [3.05, 3.63) is 27.4 Å². The lowest BCUT2D eigenvalue weighted by Gasteiger charge is -2.37. The van der Waals surface area contributed by atoms with E-state index in [2.05, 4.69) is 15.9 Å². The summed E-state index contributed by atoms with van der Waals surface area (Å²) in [5, 5.41) is 0.0760. The molecule has 1 saturated heterocycles. The lowest BCUT2D eigenvalue weighted by molar-refractivity contribution is 0.0240. The molecule has 0 aromatic heterocycles. The molecule has 1 aliphatic heterocycles. The molecule has 0 N–H and O–H groups in total. The quantitative estimate of drug-likeness (QED) is 0.667. The summed E-state index contributed by atoms with van der Waals surface area (Å²) in [7, 11) is 0. The lowest BCUT2D eigenvalue weighted by atomic mass is 10.2. The second-order valence-electron chi connectivity index (χ2n) is 6.15. The van der Waals surface area contributed by atoms with Gasteiger partial charge in [-0.25, -0.2) is 9.18 Å². The first-order chi connectivity index (χ1) is 10.2. The summed E-state index contributed by atoms with van der Waals surface area (Å²) in [4.78, 5) is 15.5. The zero-order valence-corrected chi connectivity index (χ0v) is 15.2. The molecule has 1 amide bonds. The molecule has 1 aromatic carbocycles. The highest BCUT2D eigenvalue weighted by Gasteiger charge is 2.27. The zero-order chi connectivity index (χ0) is 16.5. The predicted molar refractivity (Wildman–Crippen MR) is 89.1 cm³/mol. The van der Waals surface area contributed by atoms with Gasteiger partial charge in [-0.1, -0.05) is 11.6 Å². The maximum atomic E-state index is 14.2. The summed E-state index contributed by atoms with van der Waals surface area (Å²) in [6, 6.07) is 3.41. The molecule has 122 valence electrons. The van der Waals surface area contributed by atoms with Gasteiger partial charge in [-0.15, -0.1) is 0 Å². The maximum Gasteiger partial charge on any atom is 0.410 e. The van der Waals surface area contributed by atoms with Crippen molar-refractivity contribution in [1.82, 2.24) is 4.90 Å². The SMILES string of the molecule is CC(C)(C)OC(=O)N1CCN(c2ccc(Br)c(Cl)c2F)CC1. The minimum Gasteiger partial charge on any atom is -0.444 e. The first kappa shape index (κ1) is 17.3. The molecule has 0 aliphatic carbocycles. The molecular weight excluding hydrogens is 375 g/mol. The summed E-state index contributed by atoms with van der Waals surface area (Å²) in [6.07, 6.45) is -0.332. The molecule has 7 heteroatoms. The van der Waals surface area contributed by atoms with Gasteiger partial charge in [0.05, 0.1) is 10.7 Å². The molecule has 1 heterocycles. The standard InChI is InChI=1S/C15H19BrClFN2O2/c1-15(2,3)22-14(21)20-8-6-19(7-9-20)11-5-4-10(16)12(17)13(11)18/h4-5H,6-9H2,1-3H3. The highest BCUT2D eigenvalue weighted by atomic mass is 79.9. The number of nitrogens with zero attached hydrogens (tertiary/aromatic N) is 2. The molecule has 0 unspecified atom stereocenters. The normalized spacial score (nSPS) is 15.9. The van der Waals surface area contributed by atoms with Crippen LogP contribution in [0.3, 0.4) is 0 Å². The highest BCUT2D eigenvalue weighted by Crippen LogP contribution is 2.32. The van der Waals surface area contributed by atoms with Crippen LogP contribution in [-0.4, -0.2) is 42.8 Å². The van der Waals surface area contributed by atoms with E-state index in [0.717, 1.165) is 0 Å². The fraction of sp³-hybridized carbons (Fsp3) is 0.533. The molecule has 4 nitrogen and oxygen atoms in total. The minimum atomic E-state index is -0.514. The Morgan fingerprint density at radius 1 is 1.27 bits per heavy atom. The third-order valence-electron chi connectivity index (χ3n) is 3.29. The largest absolute Gasteiger partial charge is 0.444 e. The second-order valence-corrected chi connectivity index (χ2v) is 7.38. The Morgan fingerprint density at radius 3 is 2.41 bits per heavy atom. The van der Waals surface area contributed by atoms with Gasteiger partial charge in [0.15, 0.2) is 5.82 Å². The van der Waals surface area contributed by atoms with Gasteiger partial charge in [0.1, 0.15) is 5.60 Å². The molecule has 1 aliphatic rings. The van der Waals surface area contributed by atoms with Crippen molar-refractivity contribution in [1.29, 1.82) is 0 Å². The van der Waals surface area contributed by atoms with Crippen LogP contribution in [0.15, 0.2) is 16.6 Å². The Labute approximate surface area is 143 Å². The van der Waals surface area contributed by atoms with Gasteiger partial charge in [0.25, 0.3) is 0 Å². The Balaban J connectivity index is 2.01. The summed E-state index contributed by atoms with van der Waals surface area (Å²) >= 11 is 9.12. The van der Waals surface area contributed by atoms with Crippen molar-refractivity contribution in [3.8, 4) is 0 Å². The fourth-order valence-electron chi connectivity index (χ4n) is 2.22. The van der Waals surface area contributed by atoms with Crippen molar-refractivity contribution >= 4 is 39.3 Å². The number of anilines is 1. The van der Waals surface area contributed by atoms with E-state index in [9.17, 15) is 9.18 Å². The van der Waals surface area contributed by atoms with Crippen LogP contribution in [0.4, 0.5) is 14.9 Å². The Hall–Kier alpha value is -1.01. The number of hydrogen-bond donors (Lipinski definition) is 0. The smallest absolute Gasteiger partial charge is 0.410 e. The molecule has 1 aromatic rings. The van der Waals surface area contributed by atoms with Crippen LogP contribution < -0.4 is 4.90 Å². The van der Waals surface area contributed by atoms with Gasteiger partial charge in [0, 0.05) is 30.7 Å². The van der Waals surface area contributed by atoms with E-state index in [4.69, 9.17) is 16.3 Å². The summed E-state index contributed by atoms with van der Waals surface area (Å²) in [5.41, 5.74) is -0.0587. The maximum absolute atomic E-state index is 14.2. The van der Waals surface area contributed by atoms with E-state index in [0.29, 0.717) is 36.3 Å². The lowest BCUT2D eigenvalue weighted by Crippen LogP contribution is -2.50. The van der Waals surface area contributed by atoms with Crippen LogP contribution in [-0.2, 0) is 4.74 Å². The highest BCUT2D eigenvalue weighted by molar-refractivity contribution is 9.10. The number of carbonyl (C=O) groups excluding carboxylic acids is 1. The molecule has 0 bridgehead atoms. The molecule has 0 spiro atoms. The van der Waals surface area contributed by atoms with E-state index in [-0.39, 0.29) is 11.1 Å². The Morgan fingerprint density at radius 2 is 1.86 bits per heavy atom. The average Bonchev–Trinajstić information content (AvgIpc) is 2.43. The monoisotopic (exact) mass is 392 g/mol. The van der Waals surface area contributed by atoms with Crippen LogP contribution in [0.25, 0.3) is 0 Å². The third kappa shape index (κ3) is 4.04. The number of piperazine rings is 1. The average molecular weight is 394 g/mol. The van der Waals surface area contributed by atoms with Crippen LogP contribution in [0.1, 0.15) is 20.8 Å². The predicted octanol–water partition coefficient (Wildman–Crippen LogP) is 4.30. The van der Waals surface area contributed by atoms with Crippen LogP contribution in [0.5, 0.6) is 0 Å². The van der Waals surface area contributed by atoms with Crippen molar-refractivity contribution in [3.63, 3.8) is 0 Å². The molecule has 0 saturated carbocycles. The van der Waals surface area contributed by atoms with Crippen molar-refractivity contribution in [2.24, 2.45) is 0 Å². The Kier molecular flexibility index (Phi) is 5.22. The van der Waals surface area contributed by atoms with Gasteiger partial charge in [-0.05, 0) is 48.8 Å². The Bertz CT molecular complexity index is 569. The molecule has 1 fully saturated rings. The summed E-state index contributed by atoms with van der Waals surface area (Å²) in [5.74, 6) is -0.443. The number of halogens is 3. The van der Waals surface area contributed by atoms with E-state index >= 15 is 0 Å². The fourth-order valence-corrected chi connectivity index (χ4v) is 2.68. The van der Waals surface area contributed by atoms with Crippen LogP contribution in [0.2, 0.25) is 5.02 Å². The first-order valence-corrected chi connectivity index (χ1v) is 8.22. The minimum absolute atomic E-state index is 0.0760. The first-order valence-electron chi connectivity index (χ1n) is 7.05. The number of ether oxygens (including phenoxy) is 1. The number of carbonyl (C=O) groups is 1. The zero-order valence-electron chi connectivity index (χ0n) is 12.8. The molecule has 2 rings (SSSR count). The van der Waals surface area contributed by atoms with E-state index < -0.39 is 11.4 Å². The third-order valence-corrected chi connectivity index (χ3v) is 4.55. The van der Waals surface area contributed by atoms with Crippen molar-refractivity contribution in [2.45, 2.75) is 26.4 Å². The van der Waals surface area contributed by atoms with Crippen LogP contribution in [0, 0.1) is 5.82 Å². The van der Waals surface area contributed by atoms with Gasteiger partial charge >= 0.3 is 6.09 Å². The van der Waals surface area contributed by atoms with Crippen LogP contribution >= 0.6 is 27.5 Å². The van der Waals surface area contributed by atoms with E-state index in [1.807, 2.05) is 25.7 Å². The van der Waals surface area contributed by atoms with Gasteiger partial charge in [-0.2, -0.15) is 0 Å². The second kappa shape index (κ2) is 6.62. The van der Waals surface area contributed by atoms with Gasteiger partial charge in [0.2, 0.25) is 0 Å². The van der Waals surface area contributed by atoms with E-state index in [1.54, 1.807) is 17.0 Å². The molecule has 22 heavy (non-hydrogen) atoms. The van der Waals surface area contributed by atoms with Gasteiger partial charge in [-0.3, -0.25) is 0 Å². The summed E-state index contributed by atoms with van der Waals surface area (Å²) in [6.45, 7) is 7.55. The number of amides is 1. The number of rotatable bonds is 1. The molecular formula is C15H19BrClFN2O2. The number of benzene rings is 1. The van der Waals surface area contributed by atoms with Gasteiger partial charge < -0.3 is 14.5 Å². The topological polar surface area (TPSA) is 32.8 Å². The van der Waals surface area contributed by atoms with Crippen molar-refractivity contribution in [2.75, 3.05) is 31.1 Å². The van der Waals surface area contributed by atoms with Crippen molar-refractivity contribution < 1.29 is 13.9 Å². The molecule has 0 radical (unpaired) electrons. The molecule has 0 atom stereocenters. The van der Waals surface area contributed by atoms with E-state index in [1.165, 1.54) is 0 Å².